The molecule has 0 aromatic heterocycles. The van der Waals surface area contributed by atoms with Gasteiger partial charge in [0.05, 0.1) is 25.2 Å². The molecule has 2 aliphatic heterocycles. The van der Waals surface area contributed by atoms with Crippen LogP contribution in [0.15, 0.2) is 18.2 Å². The lowest BCUT2D eigenvalue weighted by atomic mass is 9.96. The van der Waals surface area contributed by atoms with E-state index < -0.39 is 0 Å². The topological polar surface area (TPSA) is 44.8 Å². The van der Waals surface area contributed by atoms with Crippen molar-refractivity contribution in [3.63, 3.8) is 0 Å². The number of ether oxygens (including phenoxy) is 3. The second kappa shape index (κ2) is 4.61. The lowest BCUT2D eigenvalue weighted by molar-refractivity contribution is 0.00482. The minimum atomic E-state index is -0.153. The minimum absolute atomic E-state index is 0.0494. The van der Waals surface area contributed by atoms with Crippen molar-refractivity contribution >= 4 is 5.78 Å². The molecule has 3 rings (SSSR count). The van der Waals surface area contributed by atoms with E-state index in [-0.39, 0.29) is 18.0 Å². The first-order chi connectivity index (χ1) is 8.78. The molecule has 0 radical (unpaired) electrons. The number of carbonyl (C=O) groups is 1. The van der Waals surface area contributed by atoms with Gasteiger partial charge in [-0.25, -0.2) is 0 Å². The highest BCUT2D eigenvalue weighted by molar-refractivity contribution is 6.00. The Morgan fingerprint density at radius 1 is 1.33 bits per heavy atom. The zero-order chi connectivity index (χ0) is 12.5. The molecule has 96 valence electrons. The molecule has 18 heavy (non-hydrogen) atoms. The molecule has 1 fully saturated rings. The van der Waals surface area contributed by atoms with Crippen molar-refractivity contribution in [3.8, 4) is 11.5 Å². The molecule has 1 saturated heterocycles. The van der Waals surface area contributed by atoms with Gasteiger partial charge >= 0.3 is 0 Å². The monoisotopic (exact) mass is 248 g/mol. The Morgan fingerprint density at radius 3 is 2.94 bits per heavy atom. The maximum Gasteiger partial charge on any atom is 0.170 e. The Bertz CT molecular complexity index is 463. The smallest absolute Gasteiger partial charge is 0.170 e. The van der Waals surface area contributed by atoms with Crippen molar-refractivity contribution in [3.05, 3.63) is 23.8 Å². The fraction of sp³-hybridized carbons (Fsp3) is 0.500. The highest BCUT2D eigenvalue weighted by Crippen LogP contribution is 2.34. The van der Waals surface area contributed by atoms with Crippen LogP contribution in [0.25, 0.3) is 0 Å². The van der Waals surface area contributed by atoms with Crippen LogP contribution in [0.2, 0.25) is 0 Å². The third kappa shape index (κ3) is 1.97. The minimum Gasteiger partial charge on any atom is -0.497 e. The molecule has 0 unspecified atom stereocenters. The van der Waals surface area contributed by atoms with Crippen LogP contribution in [0.1, 0.15) is 29.6 Å². The molecular formula is C14H16O4. The van der Waals surface area contributed by atoms with E-state index in [1.807, 2.05) is 0 Å². The quantitative estimate of drug-likeness (QED) is 0.805. The zero-order valence-electron chi connectivity index (χ0n) is 10.3. The highest BCUT2D eigenvalue weighted by atomic mass is 16.5. The summed E-state index contributed by atoms with van der Waals surface area (Å²) in [6.07, 6.45) is 2.32. The molecule has 4 nitrogen and oxygen atoms in total. The standard InChI is InChI=1S/C14H16O4/c1-16-9-4-5-10-11(15)8-14(18-13(10)7-9)12-3-2-6-17-12/h4-5,7,12,14H,2-3,6,8H2,1H3/t12-,14+/m1/s1. The molecule has 1 aromatic carbocycles. The third-order valence-electron chi connectivity index (χ3n) is 3.53. The summed E-state index contributed by atoms with van der Waals surface area (Å²) in [7, 11) is 1.60. The Kier molecular flexibility index (Phi) is 2.96. The first-order valence-corrected chi connectivity index (χ1v) is 6.27. The summed E-state index contributed by atoms with van der Waals surface area (Å²) in [5.41, 5.74) is 0.644. The molecule has 0 bridgehead atoms. The summed E-state index contributed by atoms with van der Waals surface area (Å²) < 4.78 is 16.7. The maximum absolute atomic E-state index is 12.1. The molecule has 2 heterocycles. The van der Waals surface area contributed by atoms with Crippen molar-refractivity contribution < 1.29 is 19.0 Å². The average molecular weight is 248 g/mol. The summed E-state index contributed by atoms with van der Waals surface area (Å²) in [6.45, 7) is 0.768. The Balaban J connectivity index is 1.87. The van der Waals surface area contributed by atoms with E-state index in [1.165, 1.54) is 0 Å². The number of carbonyl (C=O) groups excluding carboxylic acids is 1. The number of benzene rings is 1. The summed E-state index contributed by atoms with van der Waals surface area (Å²) in [5.74, 6) is 1.44. The summed E-state index contributed by atoms with van der Waals surface area (Å²) in [4.78, 5) is 12.1. The lowest BCUT2D eigenvalue weighted by Gasteiger charge is -2.29. The number of hydrogen-bond donors (Lipinski definition) is 0. The number of ketones is 1. The molecule has 0 amide bonds. The second-order valence-electron chi connectivity index (χ2n) is 4.70. The SMILES string of the molecule is COc1ccc2c(c1)O[C@H]([C@H]1CCCO1)CC2=O. The molecule has 0 aliphatic carbocycles. The fourth-order valence-electron chi connectivity index (χ4n) is 2.56. The Morgan fingerprint density at radius 2 is 2.22 bits per heavy atom. The highest BCUT2D eigenvalue weighted by Gasteiger charge is 2.34. The second-order valence-corrected chi connectivity index (χ2v) is 4.70. The predicted octanol–water partition coefficient (Wildman–Crippen LogP) is 2.21. The van der Waals surface area contributed by atoms with Crippen LogP contribution < -0.4 is 9.47 Å². The van der Waals surface area contributed by atoms with Crippen LogP contribution >= 0.6 is 0 Å². The summed E-state index contributed by atoms with van der Waals surface area (Å²) in [6, 6.07) is 5.32. The number of methoxy groups -OCH3 is 1. The lowest BCUT2D eigenvalue weighted by Crippen LogP contribution is -2.36. The van der Waals surface area contributed by atoms with E-state index in [4.69, 9.17) is 14.2 Å². The van der Waals surface area contributed by atoms with Crippen LogP contribution in [0.3, 0.4) is 0 Å². The van der Waals surface area contributed by atoms with Gasteiger partial charge in [0.1, 0.15) is 17.6 Å². The number of fused-ring (bicyclic) bond motifs is 1. The van der Waals surface area contributed by atoms with E-state index in [2.05, 4.69) is 0 Å². The number of Topliss-reactive ketones (excluding diaryl/α,β-unsaturated/α-hetero) is 1. The van der Waals surface area contributed by atoms with E-state index in [0.29, 0.717) is 23.5 Å². The fourth-order valence-corrected chi connectivity index (χ4v) is 2.56. The van der Waals surface area contributed by atoms with Crippen LogP contribution in [0.4, 0.5) is 0 Å². The van der Waals surface area contributed by atoms with Gasteiger partial charge in [-0.15, -0.1) is 0 Å². The van der Waals surface area contributed by atoms with Crippen LogP contribution in [-0.4, -0.2) is 31.7 Å². The summed E-state index contributed by atoms with van der Waals surface area (Å²) in [5, 5.41) is 0. The van der Waals surface area contributed by atoms with Crippen molar-refractivity contribution in [1.29, 1.82) is 0 Å². The number of rotatable bonds is 2. The molecule has 0 saturated carbocycles. The van der Waals surface area contributed by atoms with Crippen molar-refractivity contribution in [2.24, 2.45) is 0 Å². The van der Waals surface area contributed by atoms with Gasteiger partial charge in [-0.1, -0.05) is 0 Å². The van der Waals surface area contributed by atoms with E-state index >= 15 is 0 Å². The van der Waals surface area contributed by atoms with E-state index in [9.17, 15) is 4.79 Å². The largest absolute Gasteiger partial charge is 0.497 e. The van der Waals surface area contributed by atoms with Crippen molar-refractivity contribution in [1.82, 2.24) is 0 Å². The van der Waals surface area contributed by atoms with Gasteiger partial charge in [-0.2, -0.15) is 0 Å². The van der Waals surface area contributed by atoms with E-state index in [0.717, 1.165) is 19.4 Å². The Hall–Kier alpha value is -1.55. The van der Waals surface area contributed by atoms with Gasteiger partial charge < -0.3 is 14.2 Å². The molecule has 4 heteroatoms. The predicted molar refractivity (Wildman–Crippen MR) is 65.3 cm³/mol. The molecule has 0 spiro atoms. The first kappa shape index (κ1) is 11.5. The molecule has 1 aromatic rings. The molecule has 2 aliphatic rings. The summed E-state index contributed by atoms with van der Waals surface area (Å²) >= 11 is 0. The normalized spacial score (nSPS) is 26.6. The maximum atomic E-state index is 12.1. The zero-order valence-corrected chi connectivity index (χ0v) is 10.3. The van der Waals surface area contributed by atoms with Crippen LogP contribution in [0.5, 0.6) is 11.5 Å². The molecular weight excluding hydrogens is 232 g/mol. The van der Waals surface area contributed by atoms with Gasteiger partial charge in [0.25, 0.3) is 0 Å². The molecule has 0 N–H and O–H groups in total. The third-order valence-corrected chi connectivity index (χ3v) is 3.53. The van der Waals surface area contributed by atoms with Gasteiger partial charge in [0, 0.05) is 12.7 Å². The van der Waals surface area contributed by atoms with Crippen molar-refractivity contribution in [2.45, 2.75) is 31.5 Å². The Labute approximate surface area is 106 Å². The van der Waals surface area contributed by atoms with Crippen LogP contribution in [-0.2, 0) is 4.74 Å². The number of hydrogen-bond acceptors (Lipinski definition) is 4. The van der Waals surface area contributed by atoms with Gasteiger partial charge in [0.15, 0.2) is 5.78 Å². The molecule has 2 atom stereocenters. The van der Waals surface area contributed by atoms with E-state index in [1.54, 1.807) is 25.3 Å². The van der Waals surface area contributed by atoms with Gasteiger partial charge in [-0.05, 0) is 25.0 Å². The van der Waals surface area contributed by atoms with Gasteiger partial charge in [-0.3, -0.25) is 4.79 Å². The first-order valence-electron chi connectivity index (χ1n) is 6.27. The van der Waals surface area contributed by atoms with Gasteiger partial charge in [0.2, 0.25) is 0 Å². The van der Waals surface area contributed by atoms with Crippen molar-refractivity contribution in [2.75, 3.05) is 13.7 Å². The average Bonchev–Trinajstić information content (AvgIpc) is 2.91. The van der Waals surface area contributed by atoms with Crippen LogP contribution in [0, 0.1) is 0 Å².